The lowest BCUT2D eigenvalue weighted by atomic mass is 10.2. The molecule has 0 rings (SSSR count). The van der Waals surface area contributed by atoms with Gasteiger partial charge in [0.25, 0.3) is 0 Å². The minimum Gasteiger partial charge on any atom is -0.464 e. The van der Waals surface area contributed by atoms with Gasteiger partial charge in [-0.3, -0.25) is 5.43 Å². The molecule has 0 fully saturated rings. The van der Waals surface area contributed by atoms with Gasteiger partial charge in [-0.25, -0.2) is 9.80 Å². The van der Waals surface area contributed by atoms with E-state index in [0.29, 0.717) is 0 Å². The number of unbranched alkanes of at least 4 members (excludes halogenated alkanes) is 4. The first-order valence-electron chi connectivity index (χ1n) is 5.95. The molecule has 0 aliphatic rings. The number of amides is 1. The van der Waals surface area contributed by atoms with Gasteiger partial charge >= 0.3 is 6.09 Å². The highest BCUT2D eigenvalue weighted by Crippen LogP contribution is 2.00. The van der Waals surface area contributed by atoms with Crippen molar-refractivity contribution in [3.63, 3.8) is 0 Å². The van der Waals surface area contributed by atoms with E-state index < -0.39 is 6.09 Å². The lowest BCUT2D eigenvalue weighted by molar-refractivity contribution is 0.136. The van der Waals surface area contributed by atoms with Crippen LogP contribution in [-0.2, 0) is 0 Å². The van der Waals surface area contributed by atoms with E-state index in [-0.39, 0.29) is 0 Å². The van der Waals surface area contributed by atoms with E-state index in [1.165, 1.54) is 0 Å². The average molecular weight is 216 g/mol. The molecule has 0 unspecified atom stereocenters. The predicted octanol–water partition coefficient (Wildman–Crippen LogP) is 2.85. The molecule has 0 aromatic rings. The van der Waals surface area contributed by atoms with Crippen molar-refractivity contribution in [3.05, 3.63) is 0 Å². The molecule has 0 aromatic heterocycles. The zero-order chi connectivity index (χ0) is 11.5. The number of hydrazine groups is 1. The van der Waals surface area contributed by atoms with Gasteiger partial charge in [-0.15, -0.1) is 0 Å². The molecule has 0 bridgehead atoms. The Hall–Kier alpha value is -0.770. The third kappa shape index (κ3) is 9.53. The first kappa shape index (κ1) is 14.2. The normalized spacial score (nSPS) is 10.6. The second kappa shape index (κ2) is 9.77. The molecule has 4 nitrogen and oxygen atoms in total. The number of nitrogens with zero attached hydrogens (tertiary/aromatic N) is 1. The molecular weight excluding hydrogens is 192 g/mol. The van der Waals surface area contributed by atoms with E-state index in [4.69, 9.17) is 5.11 Å². The van der Waals surface area contributed by atoms with E-state index in [1.807, 2.05) is 5.01 Å². The molecule has 0 atom stereocenters. The van der Waals surface area contributed by atoms with Gasteiger partial charge in [0, 0.05) is 13.1 Å². The van der Waals surface area contributed by atoms with Crippen LogP contribution in [0.2, 0.25) is 0 Å². The molecule has 0 radical (unpaired) electrons. The molecule has 15 heavy (non-hydrogen) atoms. The van der Waals surface area contributed by atoms with Crippen molar-refractivity contribution >= 4 is 6.09 Å². The van der Waals surface area contributed by atoms with E-state index >= 15 is 0 Å². The van der Waals surface area contributed by atoms with Crippen LogP contribution in [0, 0.1) is 0 Å². The molecule has 1 amide bonds. The summed E-state index contributed by atoms with van der Waals surface area (Å²) >= 11 is 0. The summed E-state index contributed by atoms with van der Waals surface area (Å²) in [7, 11) is 0. The fourth-order valence-corrected chi connectivity index (χ4v) is 1.46. The Kier molecular flexibility index (Phi) is 9.27. The maximum atomic E-state index is 10.5. The van der Waals surface area contributed by atoms with Crippen molar-refractivity contribution in [1.82, 2.24) is 10.4 Å². The van der Waals surface area contributed by atoms with Crippen LogP contribution in [-0.4, -0.2) is 29.3 Å². The molecule has 0 saturated heterocycles. The number of hydrogen-bond donors (Lipinski definition) is 2. The lowest BCUT2D eigenvalue weighted by Crippen LogP contribution is -2.42. The van der Waals surface area contributed by atoms with Gasteiger partial charge in [0.05, 0.1) is 0 Å². The van der Waals surface area contributed by atoms with Gasteiger partial charge < -0.3 is 5.11 Å². The van der Waals surface area contributed by atoms with Gasteiger partial charge in [0.2, 0.25) is 0 Å². The maximum Gasteiger partial charge on any atom is 0.419 e. The van der Waals surface area contributed by atoms with Crippen molar-refractivity contribution in [2.45, 2.75) is 52.4 Å². The quantitative estimate of drug-likeness (QED) is 0.460. The summed E-state index contributed by atoms with van der Waals surface area (Å²) < 4.78 is 0. The molecule has 0 aliphatic heterocycles. The van der Waals surface area contributed by atoms with Gasteiger partial charge in [-0.2, -0.15) is 0 Å². The highest BCUT2D eigenvalue weighted by molar-refractivity contribution is 5.63. The SMILES string of the molecule is CCCCCN(CCCCC)NC(=O)O. The number of rotatable bonds is 9. The van der Waals surface area contributed by atoms with Crippen LogP contribution in [0.3, 0.4) is 0 Å². The molecular formula is C11H24N2O2. The van der Waals surface area contributed by atoms with Crippen LogP contribution in [0.5, 0.6) is 0 Å². The Morgan fingerprint density at radius 3 is 1.87 bits per heavy atom. The van der Waals surface area contributed by atoms with Crippen LogP contribution in [0.25, 0.3) is 0 Å². The summed E-state index contributed by atoms with van der Waals surface area (Å²) in [6.45, 7) is 5.94. The molecule has 0 heterocycles. The molecule has 90 valence electrons. The van der Waals surface area contributed by atoms with Crippen molar-refractivity contribution < 1.29 is 9.90 Å². The van der Waals surface area contributed by atoms with Gasteiger partial charge in [0.15, 0.2) is 0 Å². The summed E-state index contributed by atoms with van der Waals surface area (Å²) in [5.74, 6) is 0. The van der Waals surface area contributed by atoms with E-state index in [1.54, 1.807) is 0 Å². The fourth-order valence-electron chi connectivity index (χ4n) is 1.46. The summed E-state index contributed by atoms with van der Waals surface area (Å²) in [5, 5.41) is 10.5. The molecule has 0 aromatic carbocycles. The first-order chi connectivity index (χ1) is 7.20. The average Bonchev–Trinajstić information content (AvgIpc) is 2.17. The molecule has 0 aliphatic carbocycles. The Bertz CT molecular complexity index is 153. The van der Waals surface area contributed by atoms with Crippen LogP contribution in [0.1, 0.15) is 52.4 Å². The zero-order valence-corrected chi connectivity index (χ0v) is 9.96. The van der Waals surface area contributed by atoms with Crippen molar-refractivity contribution in [2.75, 3.05) is 13.1 Å². The maximum absolute atomic E-state index is 10.5. The highest BCUT2D eigenvalue weighted by atomic mass is 16.4. The number of carboxylic acid groups (broad SMARTS) is 1. The Balaban J connectivity index is 3.68. The minimum atomic E-state index is -0.956. The zero-order valence-electron chi connectivity index (χ0n) is 9.96. The van der Waals surface area contributed by atoms with E-state index in [2.05, 4.69) is 19.3 Å². The number of hydrogen-bond acceptors (Lipinski definition) is 2. The highest BCUT2D eigenvalue weighted by Gasteiger charge is 2.06. The third-order valence-corrected chi connectivity index (χ3v) is 2.32. The van der Waals surface area contributed by atoms with Crippen molar-refractivity contribution in [2.24, 2.45) is 0 Å². The Morgan fingerprint density at radius 2 is 1.53 bits per heavy atom. The van der Waals surface area contributed by atoms with Gasteiger partial charge in [0.1, 0.15) is 0 Å². The van der Waals surface area contributed by atoms with Crippen LogP contribution >= 0.6 is 0 Å². The third-order valence-electron chi connectivity index (χ3n) is 2.32. The van der Waals surface area contributed by atoms with Crippen LogP contribution < -0.4 is 5.43 Å². The monoisotopic (exact) mass is 216 g/mol. The summed E-state index contributed by atoms with van der Waals surface area (Å²) in [4.78, 5) is 10.5. The second-order valence-corrected chi connectivity index (χ2v) is 3.82. The van der Waals surface area contributed by atoms with Gasteiger partial charge in [-0.05, 0) is 12.8 Å². The summed E-state index contributed by atoms with van der Waals surface area (Å²) in [6.07, 6.45) is 5.80. The lowest BCUT2D eigenvalue weighted by Gasteiger charge is -2.21. The fraction of sp³-hybridized carbons (Fsp3) is 0.909. The summed E-state index contributed by atoms with van der Waals surface area (Å²) in [5.41, 5.74) is 2.45. The second-order valence-electron chi connectivity index (χ2n) is 3.82. The Labute approximate surface area is 92.6 Å². The number of carbonyl (C=O) groups is 1. The summed E-state index contributed by atoms with van der Waals surface area (Å²) in [6, 6.07) is 0. The molecule has 0 spiro atoms. The van der Waals surface area contributed by atoms with Gasteiger partial charge in [-0.1, -0.05) is 39.5 Å². The minimum absolute atomic E-state index is 0.823. The van der Waals surface area contributed by atoms with E-state index in [0.717, 1.165) is 51.6 Å². The predicted molar refractivity (Wildman–Crippen MR) is 61.8 cm³/mol. The molecule has 4 heteroatoms. The van der Waals surface area contributed by atoms with Crippen molar-refractivity contribution in [3.8, 4) is 0 Å². The first-order valence-corrected chi connectivity index (χ1v) is 5.95. The standard InChI is InChI=1S/C11H24N2O2/c1-3-5-7-9-13(12-11(14)15)10-8-6-4-2/h12H,3-10H2,1-2H3,(H,14,15). The molecule has 2 N–H and O–H groups in total. The smallest absolute Gasteiger partial charge is 0.419 e. The van der Waals surface area contributed by atoms with Crippen LogP contribution in [0.15, 0.2) is 0 Å². The largest absolute Gasteiger partial charge is 0.464 e. The number of nitrogens with one attached hydrogen (secondary N) is 1. The van der Waals surface area contributed by atoms with Crippen molar-refractivity contribution in [1.29, 1.82) is 0 Å². The van der Waals surface area contributed by atoms with E-state index in [9.17, 15) is 4.79 Å². The topological polar surface area (TPSA) is 52.6 Å². The molecule has 0 saturated carbocycles. The van der Waals surface area contributed by atoms with Crippen LogP contribution in [0.4, 0.5) is 4.79 Å². The Morgan fingerprint density at radius 1 is 1.07 bits per heavy atom.